The minimum absolute atomic E-state index is 0.211. The van der Waals surface area contributed by atoms with Crippen LogP contribution in [0.3, 0.4) is 0 Å². The summed E-state index contributed by atoms with van der Waals surface area (Å²) in [6, 6.07) is 61.3. The lowest BCUT2D eigenvalue weighted by molar-refractivity contribution is 0.661. The Balaban J connectivity index is 1.48. The first-order valence-corrected chi connectivity index (χ1v) is 15.6. The minimum atomic E-state index is -0.211. The largest absolute Gasteiger partial charge is 0.310 e. The lowest BCUT2D eigenvalue weighted by Gasteiger charge is -2.32. The third kappa shape index (κ3) is 4.58. The average Bonchev–Trinajstić information content (AvgIpc) is 3.31. The Labute approximate surface area is 265 Å². The Kier molecular flexibility index (Phi) is 6.50. The zero-order valence-electron chi connectivity index (χ0n) is 25.6. The number of rotatable bonds is 6. The zero-order valence-corrected chi connectivity index (χ0v) is 25.6. The molecule has 1 aliphatic carbocycles. The van der Waals surface area contributed by atoms with Gasteiger partial charge in [0, 0.05) is 39.4 Å². The van der Waals surface area contributed by atoms with E-state index in [-0.39, 0.29) is 5.41 Å². The van der Waals surface area contributed by atoms with Crippen LogP contribution in [0.1, 0.15) is 25.0 Å². The van der Waals surface area contributed by atoms with E-state index in [0.29, 0.717) is 0 Å². The molecule has 0 atom stereocenters. The molecule has 0 bridgehead atoms. The maximum absolute atomic E-state index is 2.43. The van der Waals surface area contributed by atoms with E-state index >= 15 is 0 Å². The Morgan fingerprint density at radius 3 is 1.29 bits per heavy atom. The predicted octanol–water partition coefficient (Wildman–Crippen LogP) is 12.1. The van der Waals surface area contributed by atoms with Crippen LogP contribution < -0.4 is 9.80 Å². The van der Waals surface area contributed by atoms with Crippen molar-refractivity contribution in [3.63, 3.8) is 0 Å². The molecule has 2 heteroatoms. The van der Waals surface area contributed by atoms with Gasteiger partial charge in [-0.3, -0.25) is 0 Å². The van der Waals surface area contributed by atoms with Gasteiger partial charge in [0.15, 0.2) is 0 Å². The fourth-order valence-electron chi connectivity index (χ4n) is 6.99. The smallest absolute Gasteiger partial charge is 0.0564 e. The third-order valence-electron chi connectivity index (χ3n) is 9.16. The number of nitrogens with zero attached hydrogens (tertiary/aromatic N) is 2. The summed E-state index contributed by atoms with van der Waals surface area (Å²) >= 11 is 0. The lowest BCUT2D eigenvalue weighted by atomic mass is 9.81. The first-order valence-electron chi connectivity index (χ1n) is 15.6. The summed E-state index contributed by atoms with van der Waals surface area (Å²) in [4.78, 5) is 4.81. The fraction of sp³-hybridized carbons (Fsp3) is 0.0698. The third-order valence-corrected chi connectivity index (χ3v) is 9.16. The standard InChI is InChI=1S/C43H34N2/c1-43(2)39-28-32-18-16-15-17-31(32)27-38(39)42-40(43)29-37(44(33-19-7-3-8-20-33)34-21-9-4-10-22-34)30-41(42)45(35-23-11-5-12-24-35)36-25-13-6-14-26-36/h3-30H,1-2H3. The summed E-state index contributed by atoms with van der Waals surface area (Å²) in [6.45, 7) is 4.76. The summed E-state index contributed by atoms with van der Waals surface area (Å²) in [6.07, 6.45) is 0. The van der Waals surface area contributed by atoms with Gasteiger partial charge in [-0.15, -0.1) is 0 Å². The van der Waals surface area contributed by atoms with E-state index in [0.717, 1.165) is 28.4 Å². The van der Waals surface area contributed by atoms with Gasteiger partial charge >= 0.3 is 0 Å². The monoisotopic (exact) mass is 578 g/mol. The Morgan fingerprint density at radius 2 is 0.800 bits per heavy atom. The molecule has 0 unspecified atom stereocenters. The van der Waals surface area contributed by atoms with Crippen LogP contribution in [0.4, 0.5) is 34.1 Å². The molecule has 2 nitrogen and oxygen atoms in total. The molecule has 1 aliphatic rings. The molecule has 0 aromatic heterocycles. The van der Waals surface area contributed by atoms with E-state index in [1.807, 2.05) is 0 Å². The van der Waals surface area contributed by atoms with Crippen molar-refractivity contribution in [2.24, 2.45) is 0 Å². The highest BCUT2D eigenvalue weighted by Gasteiger charge is 2.39. The van der Waals surface area contributed by atoms with Gasteiger partial charge in [0.1, 0.15) is 0 Å². The van der Waals surface area contributed by atoms with Crippen molar-refractivity contribution in [1.82, 2.24) is 0 Å². The summed E-state index contributed by atoms with van der Waals surface area (Å²) in [5.74, 6) is 0. The number of hydrogen-bond acceptors (Lipinski definition) is 2. The summed E-state index contributed by atoms with van der Waals surface area (Å²) in [5, 5.41) is 2.54. The molecule has 7 aromatic rings. The summed E-state index contributed by atoms with van der Waals surface area (Å²) in [7, 11) is 0. The highest BCUT2D eigenvalue weighted by molar-refractivity contribution is 6.01. The van der Waals surface area contributed by atoms with Crippen molar-refractivity contribution in [1.29, 1.82) is 0 Å². The quantitative estimate of drug-likeness (QED) is 0.194. The Morgan fingerprint density at radius 1 is 0.378 bits per heavy atom. The van der Waals surface area contributed by atoms with Crippen molar-refractivity contribution >= 4 is 44.9 Å². The maximum atomic E-state index is 2.43. The van der Waals surface area contributed by atoms with Crippen molar-refractivity contribution in [3.8, 4) is 11.1 Å². The molecule has 0 aliphatic heterocycles. The van der Waals surface area contributed by atoms with Crippen molar-refractivity contribution < 1.29 is 0 Å². The second-order valence-electron chi connectivity index (χ2n) is 12.3. The van der Waals surface area contributed by atoms with E-state index in [9.17, 15) is 0 Å². The molecule has 45 heavy (non-hydrogen) atoms. The molecule has 0 heterocycles. The van der Waals surface area contributed by atoms with Crippen LogP contribution in [0.25, 0.3) is 21.9 Å². The molecule has 0 N–H and O–H groups in total. The van der Waals surface area contributed by atoms with Crippen LogP contribution in [0.2, 0.25) is 0 Å². The molecule has 0 radical (unpaired) electrons. The van der Waals surface area contributed by atoms with Crippen LogP contribution in [0.15, 0.2) is 170 Å². The maximum Gasteiger partial charge on any atom is 0.0564 e. The van der Waals surface area contributed by atoms with Gasteiger partial charge in [-0.1, -0.05) is 111 Å². The number of benzene rings is 7. The van der Waals surface area contributed by atoms with E-state index in [2.05, 4.69) is 194 Å². The first-order chi connectivity index (χ1) is 22.1. The van der Waals surface area contributed by atoms with E-state index in [4.69, 9.17) is 0 Å². The Bertz CT molecular complexity index is 2040. The van der Waals surface area contributed by atoms with E-state index in [1.165, 1.54) is 38.7 Å². The van der Waals surface area contributed by atoms with Gasteiger partial charge in [0.05, 0.1) is 5.69 Å². The highest BCUT2D eigenvalue weighted by Crippen LogP contribution is 2.57. The van der Waals surface area contributed by atoms with Crippen LogP contribution >= 0.6 is 0 Å². The second-order valence-corrected chi connectivity index (χ2v) is 12.3. The molecular formula is C43H34N2. The lowest BCUT2D eigenvalue weighted by Crippen LogP contribution is -2.18. The predicted molar refractivity (Wildman–Crippen MR) is 191 cm³/mol. The van der Waals surface area contributed by atoms with Gasteiger partial charge in [-0.2, -0.15) is 0 Å². The number of hydrogen-bond donors (Lipinski definition) is 0. The molecule has 0 amide bonds. The topological polar surface area (TPSA) is 6.48 Å². The van der Waals surface area contributed by atoms with Gasteiger partial charge in [0.25, 0.3) is 0 Å². The van der Waals surface area contributed by atoms with Gasteiger partial charge in [-0.05, 0) is 100 Å². The number of anilines is 6. The van der Waals surface area contributed by atoms with Gasteiger partial charge < -0.3 is 9.80 Å². The molecule has 216 valence electrons. The van der Waals surface area contributed by atoms with Gasteiger partial charge in [-0.25, -0.2) is 0 Å². The second kappa shape index (κ2) is 10.8. The Hall–Kier alpha value is -5.60. The van der Waals surface area contributed by atoms with Crippen LogP contribution in [0, 0.1) is 0 Å². The molecule has 0 fully saturated rings. The van der Waals surface area contributed by atoms with E-state index in [1.54, 1.807) is 0 Å². The molecule has 0 saturated carbocycles. The minimum Gasteiger partial charge on any atom is -0.310 e. The van der Waals surface area contributed by atoms with E-state index < -0.39 is 0 Å². The zero-order chi connectivity index (χ0) is 30.4. The number of para-hydroxylation sites is 4. The van der Waals surface area contributed by atoms with Crippen LogP contribution in [-0.4, -0.2) is 0 Å². The normalized spacial score (nSPS) is 12.8. The fourth-order valence-corrected chi connectivity index (χ4v) is 6.99. The van der Waals surface area contributed by atoms with Crippen LogP contribution in [-0.2, 0) is 5.41 Å². The molecule has 0 spiro atoms. The van der Waals surface area contributed by atoms with Gasteiger partial charge in [0.2, 0.25) is 0 Å². The van der Waals surface area contributed by atoms with Crippen LogP contribution in [0.5, 0.6) is 0 Å². The van der Waals surface area contributed by atoms with Crippen molar-refractivity contribution in [2.75, 3.05) is 9.80 Å². The SMILES string of the molecule is CC1(C)c2cc3ccccc3cc2-c2c(N(c3ccccc3)c3ccccc3)cc(N(c3ccccc3)c3ccccc3)cc21. The highest BCUT2D eigenvalue weighted by atomic mass is 15.2. The van der Waals surface area contributed by atoms with Crippen molar-refractivity contribution in [3.05, 3.63) is 181 Å². The molecular weight excluding hydrogens is 544 g/mol. The average molecular weight is 579 g/mol. The summed E-state index contributed by atoms with van der Waals surface area (Å²) in [5.41, 5.74) is 11.9. The molecule has 8 rings (SSSR count). The molecule has 0 saturated heterocycles. The number of fused-ring (bicyclic) bond motifs is 4. The van der Waals surface area contributed by atoms with Crippen molar-refractivity contribution in [2.45, 2.75) is 19.3 Å². The summed E-state index contributed by atoms with van der Waals surface area (Å²) < 4.78 is 0. The first kappa shape index (κ1) is 27.0. The molecule has 7 aromatic carbocycles.